The molecule has 1 amide bonds. The number of likely N-dealkylation sites (N-methyl/N-ethyl adjacent to an activating group) is 1. The lowest BCUT2D eigenvalue weighted by molar-refractivity contribution is -0.120. The molecule has 0 aliphatic heterocycles. The summed E-state index contributed by atoms with van der Waals surface area (Å²) < 4.78 is 10.4. The molecule has 1 atom stereocenters. The Kier molecular flexibility index (Phi) is 6.67. The van der Waals surface area contributed by atoms with Crippen molar-refractivity contribution < 1.29 is 14.3 Å². The first-order chi connectivity index (χ1) is 11.9. The van der Waals surface area contributed by atoms with Gasteiger partial charge in [-0.05, 0) is 25.6 Å². The number of nitrogens with zero attached hydrogens (tertiary/aromatic N) is 1. The molecule has 2 rings (SSSR count). The Labute approximate surface area is 153 Å². The summed E-state index contributed by atoms with van der Waals surface area (Å²) in [7, 11) is 5.03. The van der Waals surface area contributed by atoms with Crippen molar-refractivity contribution in [3.63, 3.8) is 0 Å². The lowest BCUT2D eigenvalue weighted by Gasteiger charge is -2.24. The topological polar surface area (TPSA) is 50.8 Å². The fourth-order valence-electron chi connectivity index (χ4n) is 2.36. The van der Waals surface area contributed by atoms with E-state index in [9.17, 15) is 4.79 Å². The number of benzene rings is 2. The Morgan fingerprint density at radius 2 is 1.76 bits per heavy atom. The molecule has 0 spiro atoms. The predicted molar refractivity (Wildman–Crippen MR) is 101 cm³/mol. The molecule has 134 valence electrons. The van der Waals surface area contributed by atoms with E-state index >= 15 is 0 Å². The van der Waals surface area contributed by atoms with Gasteiger partial charge in [-0.1, -0.05) is 29.8 Å². The summed E-state index contributed by atoms with van der Waals surface area (Å²) in [5, 5.41) is 3.59. The highest BCUT2D eigenvalue weighted by atomic mass is 35.5. The lowest BCUT2D eigenvalue weighted by Crippen LogP contribution is -2.39. The van der Waals surface area contributed by atoms with E-state index in [1.165, 1.54) is 0 Å². The molecule has 0 heterocycles. The van der Waals surface area contributed by atoms with Crippen molar-refractivity contribution in [2.24, 2.45) is 0 Å². The van der Waals surface area contributed by atoms with Gasteiger partial charge in [-0.3, -0.25) is 9.69 Å². The van der Waals surface area contributed by atoms with E-state index in [2.05, 4.69) is 5.32 Å². The summed E-state index contributed by atoms with van der Waals surface area (Å²) >= 11 is 6.19. The predicted octanol–water partition coefficient (Wildman–Crippen LogP) is 3.82. The van der Waals surface area contributed by atoms with Gasteiger partial charge < -0.3 is 14.8 Å². The summed E-state index contributed by atoms with van der Waals surface area (Å²) in [5.74, 6) is 1.11. The fourth-order valence-corrected chi connectivity index (χ4v) is 2.55. The molecule has 0 aromatic heterocycles. The summed E-state index contributed by atoms with van der Waals surface area (Å²) in [6, 6.07) is 12.5. The van der Waals surface area contributed by atoms with Crippen LogP contribution in [0.3, 0.4) is 0 Å². The maximum Gasteiger partial charge on any atom is 0.241 e. The number of halogens is 1. The summed E-state index contributed by atoms with van der Waals surface area (Å²) in [5.41, 5.74) is 1.61. The van der Waals surface area contributed by atoms with E-state index in [1.807, 2.05) is 43.1 Å². The van der Waals surface area contributed by atoms with Gasteiger partial charge in [-0.15, -0.1) is 0 Å². The molecule has 0 aliphatic rings. The van der Waals surface area contributed by atoms with E-state index in [0.29, 0.717) is 28.8 Å². The highest BCUT2D eigenvalue weighted by Crippen LogP contribution is 2.26. The maximum atomic E-state index is 12.6. The number of anilines is 1. The van der Waals surface area contributed by atoms with Crippen LogP contribution >= 0.6 is 11.6 Å². The van der Waals surface area contributed by atoms with Crippen molar-refractivity contribution in [3.8, 4) is 11.5 Å². The number of carbonyl (C=O) groups is 1. The molecule has 25 heavy (non-hydrogen) atoms. The SMILES string of the molecule is COc1cc(NC(=O)[C@@H](C)N(C)Cc2ccccc2Cl)cc(OC)c1. The Hall–Kier alpha value is -2.24. The smallest absolute Gasteiger partial charge is 0.241 e. The molecule has 0 saturated heterocycles. The van der Waals surface area contributed by atoms with Gasteiger partial charge in [0.2, 0.25) is 5.91 Å². The molecular weight excluding hydrogens is 340 g/mol. The molecule has 0 aliphatic carbocycles. The third-order valence-electron chi connectivity index (χ3n) is 4.04. The number of nitrogens with one attached hydrogen (secondary N) is 1. The standard InChI is InChI=1S/C19H23ClN2O3/c1-13(22(2)12-14-7-5-6-8-18(14)20)19(23)21-15-9-16(24-3)11-17(10-15)25-4/h5-11,13H,12H2,1-4H3,(H,21,23)/t13-/m1/s1. The zero-order chi connectivity index (χ0) is 18.4. The van der Waals surface area contributed by atoms with E-state index in [0.717, 1.165) is 5.56 Å². The third-order valence-corrected chi connectivity index (χ3v) is 4.41. The van der Waals surface area contributed by atoms with Crippen LogP contribution in [0.2, 0.25) is 5.02 Å². The van der Waals surface area contributed by atoms with Gasteiger partial charge in [-0.25, -0.2) is 0 Å². The van der Waals surface area contributed by atoms with Crippen molar-refractivity contribution in [3.05, 3.63) is 53.1 Å². The average molecular weight is 363 g/mol. The third kappa shape index (κ3) is 5.11. The number of rotatable bonds is 7. The van der Waals surface area contributed by atoms with Gasteiger partial charge in [0.05, 0.1) is 20.3 Å². The Morgan fingerprint density at radius 1 is 1.16 bits per heavy atom. The Balaban J connectivity index is 2.05. The minimum Gasteiger partial charge on any atom is -0.497 e. The fraction of sp³-hybridized carbons (Fsp3) is 0.316. The normalized spacial score (nSPS) is 11.9. The van der Waals surface area contributed by atoms with Crippen LogP contribution < -0.4 is 14.8 Å². The molecule has 0 fully saturated rings. The second kappa shape index (κ2) is 8.74. The number of ether oxygens (including phenoxy) is 2. The van der Waals surface area contributed by atoms with E-state index in [4.69, 9.17) is 21.1 Å². The van der Waals surface area contributed by atoms with Gasteiger partial charge in [0.15, 0.2) is 0 Å². The molecule has 1 N–H and O–H groups in total. The van der Waals surface area contributed by atoms with Gasteiger partial charge >= 0.3 is 0 Å². The van der Waals surface area contributed by atoms with Crippen LogP contribution in [0, 0.1) is 0 Å². The molecule has 0 bridgehead atoms. The van der Waals surface area contributed by atoms with Gasteiger partial charge in [0.25, 0.3) is 0 Å². The van der Waals surface area contributed by atoms with E-state index in [-0.39, 0.29) is 11.9 Å². The van der Waals surface area contributed by atoms with Crippen molar-refractivity contribution in [2.75, 3.05) is 26.6 Å². The molecule has 0 unspecified atom stereocenters. The second-order valence-electron chi connectivity index (χ2n) is 5.77. The number of methoxy groups -OCH3 is 2. The Bertz CT molecular complexity index is 714. The summed E-state index contributed by atoms with van der Waals surface area (Å²) in [6.07, 6.45) is 0. The van der Waals surface area contributed by atoms with Crippen LogP contribution in [0.5, 0.6) is 11.5 Å². The second-order valence-corrected chi connectivity index (χ2v) is 6.18. The van der Waals surface area contributed by atoms with Crippen molar-refractivity contribution >= 4 is 23.2 Å². The zero-order valence-corrected chi connectivity index (χ0v) is 15.6. The lowest BCUT2D eigenvalue weighted by atomic mass is 10.2. The summed E-state index contributed by atoms with van der Waals surface area (Å²) in [6.45, 7) is 2.43. The van der Waals surface area contributed by atoms with Crippen molar-refractivity contribution in [1.29, 1.82) is 0 Å². The molecule has 0 radical (unpaired) electrons. The number of hydrogen-bond donors (Lipinski definition) is 1. The molecule has 5 nitrogen and oxygen atoms in total. The zero-order valence-electron chi connectivity index (χ0n) is 14.9. The van der Waals surface area contributed by atoms with Crippen molar-refractivity contribution in [1.82, 2.24) is 4.90 Å². The first kappa shape index (κ1) is 19.1. The number of amides is 1. The quantitative estimate of drug-likeness (QED) is 0.813. The van der Waals surface area contributed by atoms with Crippen LogP contribution in [-0.4, -0.2) is 38.1 Å². The highest BCUT2D eigenvalue weighted by molar-refractivity contribution is 6.31. The van der Waals surface area contributed by atoms with Crippen LogP contribution in [-0.2, 0) is 11.3 Å². The first-order valence-electron chi connectivity index (χ1n) is 7.92. The van der Waals surface area contributed by atoms with Crippen LogP contribution in [0.25, 0.3) is 0 Å². The van der Waals surface area contributed by atoms with Crippen molar-refractivity contribution in [2.45, 2.75) is 19.5 Å². The molecule has 6 heteroatoms. The monoisotopic (exact) mass is 362 g/mol. The summed E-state index contributed by atoms with van der Waals surface area (Å²) in [4.78, 5) is 14.5. The first-order valence-corrected chi connectivity index (χ1v) is 8.30. The molecule has 0 saturated carbocycles. The minimum atomic E-state index is -0.339. The van der Waals surface area contributed by atoms with Crippen LogP contribution in [0.15, 0.2) is 42.5 Å². The maximum absolute atomic E-state index is 12.6. The highest BCUT2D eigenvalue weighted by Gasteiger charge is 2.19. The van der Waals surface area contributed by atoms with Crippen LogP contribution in [0.4, 0.5) is 5.69 Å². The average Bonchev–Trinajstić information content (AvgIpc) is 2.62. The largest absolute Gasteiger partial charge is 0.497 e. The minimum absolute atomic E-state index is 0.121. The van der Waals surface area contributed by atoms with Gasteiger partial charge in [0, 0.05) is 35.5 Å². The number of hydrogen-bond acceptors (Lipinski definition) is 4. The van der Waals surface area contributed by atoms with E-state index < -0.39 is 0 Å². The molecule has 2 aromatic carbocycles. The van der Waals surface area contributed by atoms with Gasteiger partial charge in [-0.2, -0.15) is 0 Å². The van der Waals surface area contributed by atoms with E-state index in [1.54, 1.807) is 32.4 Å². The number of carbonyl (C=O) groups excluding carboxylic acids is 1. The molecule has 2 aromatic rings. The van der Waals surface area contributed by atoms with Gasteiger partial charge in [0.1, 0.15) is 11.5 Å². The van der Waals surface area contributed by atoms with Crippen LogP contribution in [0.1, 0.15) is 12.5 Å². The Morgan fingerprint density at radius 3 is 2.32 bits per heavy atom. The molecular formula is C19H23ClN2O3.